The molecule has 1 amide bonds. The molecule has 4 aliphatic rings. The summed E-state index contributed by atoms with van der Waals surface area (Å²) in [6, 6.07) is 14.5. The van der Waals surface area contributed by atoms with E-state index in [4.69, 9.17) is 18.9 Å². The van der Waals surface area contributed by atoms with Gasteiger partial charge in [-0.1, -0.05) is 18.2 Å². The van der Waals surface area contributed by atoms with Gasteiger partial charge in [0.25, 0.3) is 5.91 Å². The second kappa shape index (κ2) is 11.1. The number of amides is 1. The molecule has 2 aromatic carbocycles. The number of piperidine rings is 1. The summed E-state index contributed by atoms with van der Waals surface area (Å²) >= 11 is 0. The SMILES string of the molecule is O=C(N[C@H]1CCc2cc(CN3CCC4(CC3)OCCO4)ccc2C1)c1ccc(OC[C@@H]2CCCO2)cc1. The first-order valence-corrected chi connectivity index (χ1v) is 13.9. The maximum absolute atomic E-state index is 12.9. The Morgan fingerprint density at radius 2 is 1.81 bits per heavy atom. The molecule has 3 heterocycles. The summed E-state index contributed by atoms with van der Waals surface area (Å²) in [4.78, 5) is 15.4. The summed E-state index contributed by atoms with van der Waals surface area (Å²) in [5.74, 6) is 0.444. The highest BCUT2D eigenvalue weighted by Crippen LogP contribution is 2.32. The van der Waals surface area contributed by atoms with Gasteiger partial charge in [0.05, 0.1) is 19.3 Å². The van der Waals surface area contributed by atoms with E-state index >= 15 is 0 Å². The maximum Gasteiger partial charge on any atom is 0.251 e. The highest BCUT2D eigenvalue weighted by molar-refractivity contribution is 5.94. The molecule has 7 nitrogen and oxygen atoms in total. The van der Waals surface area contributed by atoms with Gasteiger partial charge in [-0.3, -0.25) is 9.69 Å². The number of nitrogens with one attached hydrogen (secondary N) is 1. The fourth-order valence-electron chi connectivity index (χ4n) is 6.06. The second-order valence-electron chi connectivity index (χ2n) is 10.9. The number of aryl methyl sites for hydroxylation is 1. The molecule has 198 valence electrons. The van der Waals surface area contributed by atoms with Gasteiger partial charge in [0.1, 0.15) is 12.4 Å². The molecule has 3 aliphatic heterocycles. The highest BCUT2D eigenvalue weighted by Gasteiger charge is 2.39. The van der Waals surface area contributed by atoms with Crippen molar-refractivity contribution in [2.45, 2.75) is 69.4 Å². The van der Waals surface area contributed by atoms with Gasteiger partial charge < -0.3 is 24.3 Å². The minimum absolute atomic E-state index is 0.0196. The maximum atomic E-state index is 12.9. The van der Waals surface area contributed by atoms with E-state index < -0.39 is 0 Å². The number of ether oxygens (including phenoxy) is 4. The molecule has 0 radical (unpaired) electrons. The van der Waals surface area contributed by atoms with Crippen molar-refractivity contribution in [2.24, 2.45) is 0 Å². The molecule has 2 aromatic rings. The Bertz CT molecular complexity index is 1070. The summed E-state index contributed by atoms with van der Waals surface area (Å²) < 4.78 is 23.2. The Kier molecular flexibility index (Phi) is 7.47. The molecule has 1 spiro atoms. The smallest absolute Gasteiger partial charge is 0.251 e. The van der Waals surface area contributed by atoms with E-state index in [1.165, 1.54) is 16.7 Å². The lowest BCUT2D eigenvalue weighted by atomic mass is 9.87. The molecule has 0 unspecified atom stereocenters. The molecule has 0 saturated carbocycles. The third-order valence-corrected chi connectivity index (χ3v) is 8.25. The van der Waals surface area contributed by atoms with E-state index in [1.807, 2.05) is 24.3 Å². The molecular formula is C30H38N2O5. The summed E-state index contributed by atoms with van der Waals surface area (Å²) in [5, 5.41) is 3.24. The lowest BCUT2D eigenvalue weighted by Crippen LogP contribution is -2.44. The Morgan fingerprint density at radius 3 is 2.57 bits per heavy atom. The predicted octanol–water partition coefficient (Wildman–Crippen LogP) is 3.87. The molecule has 7 heteroatoms. The second-order valence-corrected chi connectivity index (χ2v) is 10.9. The van der Waals surface area contributed by atoms with Gasteiger partial charge in [-0.25, -0.2) is 0 Å². The monoisotopic (exact) mass is 506 g/mol. The van der Waals surface area contributed by atoms with Gasteiger partial charge in [0.15, 0.2) is 5.79 Å². The van der Waals surface area contributed by atoms with E-state index in [2.05, 4.69) is 28.4 Å². The molecule has 2 atom stereocenters. The average molecular weight is 507 g/mol. The molecule has 0 bridgehead atoms. The van der Waals surface area contributed by atoms with Crippen LogP contribution in [0.4, 0.5) is 0 Å². The summed E-state index contributed by atoms with van der Waals surface area (Å²) in [5.41, 5.74) is 4.81. The number of fused-ring (bicyclic) bond motifs is 1. The molecule has 3 fully saturated rings. The molecule has 37 heavy (non-hydrogen) atoms. The third-order valence-electron chi connectivity index (χ3n) is 8.25. The zero-order valence-corrected chi connectivity index (χ0v) is 21.6. The van der Waals surface area contributed by atoms with E-state index in [0.717, 1.165) is 90.2 Å². The van der Waals surface area contributed by atoms with Crippen molar-refractivity contribution in [3.05, 3.63) is 64.7 Å². The van der Waals surface area contributed by atoms with Crippen molar-refractivity contribution in [1.29, 1.82) is 0 Å². The predicted molar refractivity (Wildman–Crippen MR) is 140 cm³/mol. The van der Waals surface area contributed by atoms with Gasteiger partial charge >= 0.3 is 0 Å². The van der Waals surface area contributed by atoms with Crippen molar-refractivity contribution in [3.63, 3.8) is 0 Å². The Morgan fingerprint density at radius 1 is 1.00 bits per heavy atom. The van der Waals surface area contributed by atoms with Crippen LogP contribution in [0.25, 0.3) is 0 Å². The van der Waals surface area contributed by atoms with Crippen LogP contribution in [0.1, 0.15) is 59.2 Å². The topological polar surface area (TPSA) is 69.3 Å². The van der Waals surface area contributed by atoms with Crippen LogP contribution >= 0.6 is 0 Å². The first kappa shape index (κ1) is 24.9. The van der Waals surface area contributed by atoms with E-state index in [0.29, 0.717) is 12.2 Å². The third kappa shape index (κ3) is 6.01. The number of hydrogen-bond donors (Lipinski definition) is 1. The number of rotatable bonds is 7. The minimum Gasteiger partial charge on any atom is -0.491 e. The molecule has 1 aliphatic carbocycles. The lowest BCUT2D eigenvalue weighted by molar-refractivity contribution is -0.185. The van der Waals surface area contributed by atoms with Crippen molar-refractivity contribution in [1.82, 2.24) is 10.2 Å². The number of hydrogen-bond acceptors (Lipinski definition) is 6. The number of nitrogens with zero attached hydrogens (tertiary/aromatic N) is 1. The first-order valence-electron chi connectivity index (χ1n) is 13.9. The summed E-state index contributed by atoms with van der Waals surface area (Å²) in [6.45, 7) is 5.83. The van der Waals surface area contributed by atoms with Crippen molar-refractivity contribution in [3.8, 4) is 5.75 Å². The van der Waals surface area contributed by atoms with E-state index in [9.17, 15) is 4.79 Å². The number of likely N-dealkylation sites (tertiary alicyclic amines) is 1. The van der Waals surface area contributed by atoms with Crippen molar-refractivity contribution in [2.75, 3.05) is 39.5 Å². The van der Waals surface area contributed by atoms with Crippen LogP contribution in [0, 0.1) is 0 Å². The van der Waals surface area contributed by atoms with Crippen LogP contribution in [-0.2, 0) is 33.6 Å². The van der Waals surface area contributed by atoms with Gasteiger partial charge in [-0.2, -0.15) is 0 Å². The van der Waals surface area contributed by atoms with Crippen LogP contribution in [0.2, 0.25) is 0 Å². The average Bonchev–Trinajstić information content (AvgIpc) is 3.62. The number of carbonyl (C=O) groups excluding carboxylic acids is 1. The lowest BCUT2D eigenvalue weighted by Gasteiger charge is -2.37. The number of carbonyl (C=O) groups is 1. The normalized spacial score (nSPS) is 25.2. The highest BCUT2D eigenvalue weighted by atomic mass is 16.7. The minimum atomic E-state index is -0.313. The van der Waals surface area contributed by atoms with Gasteiger partial charge in [-0.15, -0.1) is 0 Å². The van der Waals surface area contributed by atoms with Crippen molar-refractivity contribution >= 4 is 5.91 Å². The van der Waals surface area contributed by atoms with Crippen LogP contribution in [-0.4, -0.2) is 68.3 Å². The quantitative estimate of drug-likeness (QED) is 0.615. The Hall–Kier alpha value is -2.45. The largest absolute Gasteiger partial charge is 0.491 e. The summed E-state index contributed by atoms with van der Waals surface area (Å²) in [7, 11) is 0. The van der Waals surface area contributed by atoms with Crippen LogP contribution in [0.3, 0.4) is 0 Å². The Labute approximate surface area is 219 Å². The molecule has 6 rings (SSSR count). The molecule has 1 N–H and O–H groups in total. The van der Waals surface area contributed by atoms with Gasteiger partial charge in [0, 0.05) is 50.7 Å². The van der Waals surface area contributed by atoms with E-state index in [1.54, 1.807) is 0 Å². The fraction of sp³-hybridized carbons (Fsp3) is 0.567. The summed E-state index contributed by atoms with van der Waals surface area (Å²) in [6.07, 6.45) is 7.08. The van der Waals surface area contributed by atoms with Crippen LogP contribution in [0.15, 0.2) is 42.5 Å². The van der Waals surface area contributed by atoms with Crippen LogP contribution < -0.4 is 10.1 Å². The Balaban J connectivity index is 0.980. The number of benzene rings is 2. The molecule has 0 aromatic heterocycles. The van der Waals surface area contributed by atoms with Crippen molar-refractivity contribution < 1.29 is 23.7 Å². The molecular weight excluding hydrogens is 468 g/mol. The fourth-order valence-corrected chi connectivity index (χ4v) is 6.06. The van der Waals surface area contributed by atoms with Gasteiger partial charge in [0.2, 0.25) is 0 Å². The standard InChI is InChI=1S/C30H38N2O5/c33-29(23-6-9-27(10-7-23)35-21-28-2-1-15-34-28)31-26-8-5-24-18-22(3-4-25(24)19-26)20-32-13-11-30(12-14-32)36-16-17-37-30/h3-4,6-7,9-10,18,26,28H,1-2,5,8,11-17,19-21H2,(H,31,33)/t26-,28-/m0/s1. The zero-order chi connectivity index (χ0) is 25.1. The van der Waals surface area contributed by atoms with E-state index in [-0.39, 0.29) is 23.8 Å². The van der Waals surface area contributed by atoms with Gasteiger partial charge in [-0.05, 0) is 73.1 Å². The first-order chi connectivity index (χ1) is 18.1. The molecule has 3 saturated heterocycles. The zero-order valence-electron chi connectivity index (χ0n) is 21.6. The van der Waals surface area contributed by atoms with Crippen LogP contribution in [0.5, 0.6) is 5.75 Å².